The molecule has 0 unspecified atom stereocenters. The maximum Gasteiger partial charge on any atom is 0.255 e. The van der Waals surface area contributed by atoms with Crippen LogP contribution in [0.4, 0.5) is 0 Å². The number of rotatable bonds is 6. The van der Waals surface area contributed by atoms with E-state index in [0.29, 0.717) is 18.7 Å². The van der Waals surface area contributed by atoms with Crippen LogP contribution in [-0.4, -0.2) is 27.7 Å². The van der Waals surface area contributed by atoms with Crippen molar-refractivity contribution in [3.8, 4) is 0 Å². The van der Waals surface area contributed by atoms with Gasteiger partial charge in [-0.1, -0.05) is 44.5 Å². The molecular formula is C20H23N3O2. The Hall–Kier alpha value is -2.69. The van der Waals surface area contributed by atoms with Crippen LogP contribution in [0.25, 0.3) is 0 Å². The van der Waals surface area contributed by atoms with Gasteiger partial charge in [-0.2, -0.15) is 0 Å². The topological polar surface area (TPSA) is 62.3 Å². The van der Waals surface area contributed by atoms with Gasteiger partial charge in [0.2, 0.25) is 5.91 Å². The Morgan fingerprint density at radius 3 is 2.76 bits per heavy atom. The van der Waals surface area contributed by atoms with Crippen molar-refractivity contribution in [2.24, 2.45) is 5.92 Å². The van der Waals surface area contributed by atoms with E-state index in [2.05, 4.69) is 10.3 Å². The highest BCUT2D eigenvalue weighted by molar-refractivity contribution is 6.01. The van der Waals surface area contributed by atoms with Crippen molar-refractivity contribution in [1.82, 2.24) is 15.2 Å². The lowest BCUT2D eigenvalue weighted by atomic mass is 9.96. The Morgan fingerprint density at radius 1 is 1.28 bits per heavy atom. The Bertz CT molecular complexity index is 761. The number of carbonyl (C=O) groups excluding carboxylic acids is 2. The summed E-state index contributed by atoms with van der Waals surface area (Å²) in [5.74, 6) is -0.0936. The van der Waals surface area contributed by atoms with Crippen molar-refractivity contribution in [2.45, 2.75) is 39.4 Å². The highest BCUT2D eigenvalue weighted by atomic mass is 16.2. The zero-order valence-electron chi connectivity index (χ0n) is 14.6. The van der Waals surface area contributed by atoms with Crippen LogP contribution in [0.1, 0.15) is 41.8 Å². The first kappa shape index (κ1) is 17.1. The fourth-order valence-corrected chi connectivity index (χ4v) is 3.23. The fraction of sp³-hybridized carbons (Fsp3) is 0.350. The van der Waals surface area contributed by atoms with Crippen molar-refractivity contribution >= 4 is 11.8 Å². The van der Waals surface area contributed by atoms with Crippen LogP contribution in [0.15, 0.2) is 48.8 Å². The van der Waals surface area contributed by atoms with Gasteiger partial charge in [0, 0.05) is 31.0 Å². The summed E-state index contributed by atoms with van der Waals surface area (Å²) in [4.78, 5) is 31.4. The fourth-order valence-electron chi connectivity index (χ4n) is 3.23. The highest BCUT2D eigenvalue weighted by Crippen LogP contribution is 2.28. The molecule has 2 atom stereocenters. The molecule has 1 aromatic heterocycles. The number of pyridine rings is 1. The number of fused-ring (bicyclic) bond motifs is 1. The largest absolute Gasteiger partial charge is 0.350 e. The molecule has 0 aliphatic carbocycles. The molecule has 130 valence electrons. The van der Waals surface area contributed by atoms with E-state index in [-0.39, 0.29) is 17.7 Å². The monoisotopic (exact) mass is 337 g/mol. The van der Waals surface area contributed by atoms with Gasteiger partial charge < -0.3 is 10.2 Å². The lowest BCUT2D eigenvalue weighted by molar-refractivity contribution is -0.127. The normalized spacial score (nSPS) is 15.6. The van der Waals surface area contributed by atoms with Gasteiger partial charge in [0.15, 0.2) is 0 Å². The van der Waals surface area contributed by atoms with Crippen LogP contribution in [0.5, 0.6) is 0 Å². The number of hydrogen-bond donors (Lipinski definition) is 1. The van der Waals surface area contributed by atoms with E-state index >= 15 is 0 Å². The molecule has 1 N–H and O–H groups in total. The minimum atomic E-state index is -0.471. The van der Waals surface area contributed by atoms with Gasteiger partial charge in [0.05, 0.1) is 0 Å². The zero-order chi connectivity index (χ0) is 17.8. The molecule has 1 aliphatic rings. The number of hydrogen-bond acceptors (Lipinski definition) is 3. The molecule has 1 aromatic carbocycles. The molecule has 2 heterocycles. The van der Waals surface area contributed by atoms with Crippen molar-refractivity contribution in [1.29, 1.82) is 0 Å². The molecular weight excluding hydrogens is 314 g/mol. The van der Waals surface area contributed by atoms with Crippen LogP contribution >= 0.6 is 0 Å². The number of nitrogens with zero attached hydrogens (tertiary/aromatic N) is 2. The first-order valence-electron chi connectivity index (χ1n) is 8.67. The molecule has 2 amide bonds. The minimum absolute atomic E-state index is 0.0579. The molecule has 25 heavy (non-hydrogen) atoms. The molecule has 0 saturated heterocycles. The van der Waals surface area contributed by atoms with E-state index < -0.39 is 6.04 Å². The van der Waals surface area contributed by atoms with Crippen LogP contribution in [0.2, 0.25) is 0 Å². The van der Waals surface area contributed by atoms with Crippen LogP contribution in [-0.2, 0) is 17.9 Å². The maximum absolute atomic E-state index is 12.9. The second-order valence-electron chi connectivity index (χ2n) is 6.50. The molecule has 2 aromatic rings. The zero-order valence-corrected chi connectivity index (χ0v) is 14.6. The van der Waals surface area contributed by atoms with Crippen LogP contribution in [0.3, 0.4) is 0 Å². The quantitative estimate of drug-likeness (QED) is 0.882. The average Bonchev–Trinajstić information content (AvgIpc) is 2.97. The van der Waals surface area contributed by atoms with E-state index in [0.717, 1.165) is 17.5 Å². The number of aromatic nitrogens is 1. The van der Waals surface area contributed by atoms with E-state index in [4.69, 9.17) is 0 Å². The van der Waals surface area contributed by atoms with E-state index in [1.807, 2.05) is 50.2 Å². The third kappa shape index (κ3) is 3.55. The Balaban J connectivity index is 1.76. The molecule has 0 radical (unpaired) electrons. The molecule has 0 spiro atoms. The third-order valence-corrected chi connectivity index (χ3v) is 4.83. The number of carbonyl (C=O) groups is 2. The maximum atomic E-state index is 12.9. The lowest BCUT2D eigenvalue weighted by Crippen LogP contribution is -2.50. The van der Waals surface area contributed by atoms with Crippen molar-refractivity contribution in [2.75, 3.05) is 0 Å². The molecule has 1 aliphatic heterocycles. The SMILES string of the molecule is CC[C@@H](C)[C@@H](C(=O)NCc1cccnc1)N1Cc2ccccc2C1=O. The van der Waals surface area contributed by atoms with Gasteiger partial charge >= 0.3 is 0 Å². The van der Waals surface area contributed by atoms with Crippen molar-refractivity contribution in [3.63, 3.8) is 0 Å². The Labute approximate surface area is 148 Å². The second-order valence-corrected chi connectivity index (χ2v) is 6.50. The first-order chi connectivity index (χ1) is 12.1. The molecule has 0 fully saturated rings. The van der Waals surface area contributed by atoms with Crippen LogP contribution < -0.4 is 5.32 Å². The average molecular weight is 337 g/mol. The second kappa shape index (κ2) is 7.47. The van der Waals surface area contributed by atoms with E-state index in [9.17, 15) is 9.59 Å². The molecule has 5 heteroatoms. The first-order valence-corrected chi connectivity index (χ1v) is 8.67. The summed E-state index contributed by atoms with van der Waals surface area (Å²) < 4.78 is 0. The van der Waals surface area contributed by atoms with E-state index in [1.54, 1.807) is 17.3 Å². The Kier molecular flexibility index (Phi) is 5.12. The molecule has 0 saturated carbocycles. The third-order valence-electron chi connectivity index (χ3n) is 4.83. The minimum Gasteiger partial charge on any atom is -0.350 e. The lowest BCUT2D eigenvalue weighted by Gasteiger charge is -2.31. The van der Waals surface area contributed by atoms with Crippen molar-refractivity contribution in [3.05, 3.63) is 65.5 Å². The standard InChI is InChI=1S/C20H23N3O2/c1-3-14(2)18(19(24)22-12-15-7-6-10-21-11-15)23-13-16-8-4-5-9-17(16)20(23)25/h4-11,14,18H,3,12-13H2,1-2H3,(H,22,24)/t14-,18+/m1/s1. The van der Waals surface area contributed by atoms with Crippen molar-refractivity contribution < 1.29 is 9.59 Å². The summed E-state index contributed by atoms with van der Waals surface area (Å²) in [5.41, 5.74) is 2.63. The number of benzene rings is 1. The summed E-state index contributed by atoms with van der Waals surface area (Å²) in [5, 5.41) is 2.97. The summed E-state index contributed by atoms with van der Waals surface area (Å²) in [6.45, 7) is 4.96. The Morgan fingerprint density at radius 2 is 2.08 bits per heavy atom. The number of amides is 2. The molecule has 0 bridgehead atoms. The summed E-state index contributed by atoms with van der Waals surface area (Å²) in [7, 11) is 0. The predicted octanol–water partition coefficient (Wildman–Crippen LogP) is 2.77. The van der Waals surface area contributed by atoms with Crippen LogP contribution in [0, 0.1) is 5.92 Å². The highest BCUT2D eigenvalue weighted by Gasteiger charge is 2.38. The van der Waals surface area contributed by atoms with Gasteiger partial charge in [-0.3, -0.25) is 14.6 Å². The molecule has 5 nitrogen and oxygen atoms in total. The summed E-state index contributed by atoms with van der Waals surface area (Å²) in [6.07, 6.45) is 4.26. The smallest absolute Gasteiger partial charge is 0.255 e. The van der Waals surface area contributed by atoms with Gasteiger partial charge in [0.1, 0.15) is 6.04 Å². The van der Waals surface area contributed by atoms with Gasteiger partial charge in [-0.25, -0.2) is 0 Å². The van der Waals surface area contributed by atoms with Gasteiger partial charge in [0.25, 0.3) is 5.91 Å². The molecule has 3 rings (SSSR count). The summed E-state index contributed by atoms with van der Waals surface area (Å²) in [6, 6.07) is 10.9. The predicted molar refractivity (Wildman–Crippen MR) is 95.6 cm³/mol. The van der Waals surface area contributed by atoms with E-state index in [1.165, 1.54) is 0 Å². The van der Waals surface area contributed by atoms with Gasteiger partial charge in [-0.15, -0.1) is 0 Å². The van der Waals surface area contributed by atoms with Gasteiger partial charge in [-0.05, 0) is 29.2 Å². The number of nitrogens with one attached hydrogen (secondary N) is 1. The summed E-state index contributed by atoms with van der Waals surface area (Å²) >= 11 is 0.